The van der Waals surface area contributed by atoms with Gasteiger partial charge in [0.05, 0.1) is 18.8 Å². The second-order valence-electron chi connectivity index (χ2n) is 3.71. The molecular weight excluding hydrogens is 202 g/mol. The van der Waals surface area contributed by atoms with Crippen molar-refractivity contribution in [1.82, 2.24) is 0 Å². The van der Waals surface area contributed by atoms with Crippen LogP contribution in [-0.2, 0) is 4.74 Å². The maximum Gasteiger partial charge on any atom is 0.129 e. The fourth-order valence-corrected chi connectivity index (χ4v) is 1.50. The molecule has 0 radical (unpaired) electrons. The van der Waals surface area contributed by atoms with E-state index >= 15 is 0 Å². The van der Waals surface area contributed by atoms with E-state index in [-0.39, 0.29) is 11.7 Å². The number of halogens is 2. The minimum absolute atomic E-state index is 0.0238. The van der Waals surface area contributed by atoms with E-state index in [1.165, 1.54) is 0 Å². The van der Waals surface area contributed by atoms with Crippen LogP contribution in [0.3, 0.4) is 0 Å². The van der Waals surface area contributed by atoms with Gasteiger partial charge in [0.2, 0.25) is 0 Å². The zero-order valence-corrected chi connectivity index (χ0v) is 8.12. The van der Waals surface area contributed by atoms with Gasteiger partial charge in [-0.3, -0.25) is 0 Å². The average molecular weight is 214 g/mol. The van der Waals surface area contributed by atoms with Crippen molar-refractivity contribution in [3.63, 3.8) is 0 Å². The van der Waals surface area contributed by atoms with Crippen LogP contribution >= 0.6 is 0 Å². The van der Waals surface area contributed by atoms with Crippen LogP contribution in [0.4, 0.5) is 8.78 Å². The number of aliphatic hydroxyl groups excluding tert-OH is 1. The highest BCUT2D eigenvalue weighted by molar-refractivity contribution is 5.21. The van der Waals surface area contributed by atoms with Crippen molar-refractivity contribution in [3.8, 4) is 0 Å². The maximum absolute atomic E-state index is 13.2. The van der Waals surface area contributed by atoms with Crippen LogP contribution < -0.4 is 0 Å². The van der Waals surface area contributed by atoms with Crippen LogP contribution in [0.15, 0.2) is 18.2 Å². The summed E-state index contributed by atoms with van der Waals surface area (Å²) in [5, 5.41) is 9.64. The number of aliphatic hydroxyl groups is 1. The van der Waals surface area contributed by atoms with E-state index in [9.17, 15) is 13.9 Å². The molecule has 1 fully saturated rings. The molecule has 0 aliphatic carbocycles. The lowest BCUT2D eigenvalue weighted by atomic mass is 10.0. The van der Waals surface area contributed by atoms with Crippen molar-refractivity contribution in [2.75, 3.05) is 6.61 Å². The van der Waals surface area contributed by atoms with Crippen molar-refractivity contribution in [1.29, 1.82) is 0 Å². The lowest BCUT2D eigenvalue weighted by Crippen LogP contribution is -2.03. The van der Waals surface area contributed by atoms with Crippen LogP contribution in [0.1, 0.15) is 24.5 Å². The van der Waals surface area contributed by atoms with Crippen molar-refractivity contribution >= 4 is 0 Å². The van der Waals surface area contributed by atoms with Gasteiger partial charge in [-0.15, -0.1) is 0 Å². The third-order valence-electron chi connectivity index (χ3n) is 2.48. The molecule has 82 valence electrons. The Morgan fingerprint density at radius 3 is 2.87 bits per heavy atom. The van der Waals surface area contributed by atoms with E-state index in [4.69, 9.17) is 4.74 Å². The Balaban J connectivity index is 2.02. The van der Waals surface area contributed by atoms with Crippen molar-refractivity contribution in [2.24, 2.45) is 0 Å². The number of ether oxygens (including phenoxy) is 1. The molecule has 1 aliphatic rings. The smallest absolute Gasteiger partial charge is 0.129 e. The van der Waals surface area contributed by atoms with Crippen LogP contribution in [0.25, 0.3) is 0 Å². The second kappa shape index (κ2) is 4.24. The van der Waals surface area contributed by atoms with Gasteiger partial charge in [0, 0.05) is 5.56 Å². The first-order valence-corrected chi connectivity index (χ1v) is 4.91. The summed E-state index contributed by atoms with van der Waals surface area (Å²) in [6.07, 6.45) is 0.309. The summed E-state index contributed by atoms with van der Waals surface area (Å²) in [6, 6.07) is 3.10. The largest absolute Gasteiger partial charge is 0.388 e. The standard InChI is InChI=1S/C11H12F2O2/c12-7-1-3-10(13)9(5-7)11(14)4-2-8-6-15-8/h1,3,5,8,11,14H,2,4,6H2. The molecule has 1 heterocycles. The zero-order chi connectivity index (χ0) is 10.8. The van der Waals surface area contributed by atoms with E-state index in [0.29, 0.717) is 19.4 Å². The number of hydrogen-bond acceptors (Lipinski definition) is 2. The third kappa shape index (κ3) is 2.73. The topological polar surface area (TPSA) is 32.8 Å². The third-order valence-corrected chi connectivity index (χ3v) is 2.48. The summed E-state index contributed by atoms with van der Waals surface area (Å²) >= 11 is 0. The molecule has 1 saturated heterocycles. The first-order valence-electron chi connectivity index (χ1n) is 4.91. The molecule has 0 spiro atoms. The highest BCUT2D eigenvalue weighted by Crippen LogP contribution is 2.26. The Hall–Kier alpha value is -1.00. The number of rotatable bonds is 4. The van der Waals surface area contributed by atoms with Gasteiger partial charge in [-0.1, -0.05) is 0 Å². The Labute approximate surface area is 86.5 Å². The summed E-state index contributed by atoms with van der Waals surface area (Å²) in [5.74, 6) is -1.10. The molecule has 2 nitrogen and oxygen atoms in total. The van der Waals surface area contributed by atoms with Crippen LogP contribution in [-0.4, -0.2) is 17.8 Å². The van der Waals surface area contributed by atoms with E-state index in [2.05, 4.69) is 0 Å². The van der Waals surface area contributed by atoms with Crippen LogP contribution in [0.5, 0.6) is 0 Å². The molecule has 15 heavy (non-hydrogen) atoms. The minimum Gasteiger partial charge on any atom is -0.388 e. The predicted molar refractivity (Wildman–Crippen MR) is 50.3 cm³/mol. The number of epoxide rings is 1. The normalized spacial score (nSPS) is 21.4. The van der Waals surface area contributed by atoms with Crippen LogP contribution in [0, 0.1) is 11.6 Å². The molecule has 2 unspecified atom stereocenters. The predicted octanol–water partition coefficient (Wildman–Crippen LogP) is 2.18. The molecule has 0 bridgehead atoms. The van der Waals surface area contributed by atoms with Gasteiger partial charge in [-0.25, -0.2) is 8.78 Å². The van der Waals surface area contributed by atoms with Gasteiger partial charge in [-0.05, 0) is 31.0 Å². The highest BCUT2D eigenvalue weighted by Gasteiger charge is 2.24. The van der Waals surface area contributed by atoms with Crippen molar-refractivity contribution in [3.05, 3.63) is 35.4 Å². The van der Waals surface area contributed by atoms with E-state index < -0.39 is 17.7 Å². The summed E-state index contributed by atoms with van der Waals surface area (Å²) in [6.45, 7) is 0.707. The molecule has 2 atom stereocenters. The number of hydrogen-bond donors (Lipinski definition) is 1. The quantitative estimate of drug-likeness (QED) is 0.779. The van der Waals surface area contributed by atoms with Gasteiger partial charge >= 0.3 is 0 Å². The zero-order valence-electron chi connectivity index (χ0n) is 8.12. The molecule has 2 rings (SSSR count). The molecule has 1 aliphatic heterocycles. The Morgan fingerprint density at radius 2 is 2.20 bits per heavy atom. The fourth-order valence-electron chi connectivity index (χ4n) is 1.50. The molecular formula is C11H12F2O2. The first-order chi connectivity index (χ1) is 7.16. The Bertz CT molecular complexity index is 350. The summed E-state index contributed by atoms with van der Waals surface area (Å²) in [4.78, 5) is 0. The summed E-state index contributed by atoms with van der Waals surface area (Å²) in [5.41, 5.74) is 0.0238. The lowest BCUT2D eigenvalue weighted by molar-refractivity contribution is 0.155. The highest BCUT2D eigenvalue weighted by atomic mass is 19.1. The molecule has 1 aromatic rings. The minimum atomic E-state index is -0.954. The van der Waals surface area contributed by atoms with Crippen molar-refractivity contribution < 1.29 is 18.6 Å². The molecule has 1 N–H and O–H groups in total. The second-order valence-corrected chi connectivity index (χ2v) is 3.71. The molecule has 0 aromatic heterocycles. The number of benzene rings is 1. The lowest BCUT2D eigenvalue weighted by Gasteiger charge is -2.10. The Kier molecular flexibility index (Phi) is 2.98. The summed E-state index contributed by atoms with van der Waals surface area (Å²) in [7, 11) is 0. The van der Waals surface area contributed by atoms with Gasteiger partial charge in [-0.2, -0.15) is 0 Å². The van der Waals surface area contributed by atoms with Crippen LogP contribution in [0.2, 0.25) is 0 Å². The fraction of sp³-hybridized carbons (Fsp3) is 0.455. The van der Waals surface area contributed by atoms with E-state index in [1.807, 2.05) is 0 Å². The molecule has 0 amide bonds. The molecule has 1 aromatic carbocycles. The van der Waals surface area contributed by atoms with Gasteiger partial charge < -0.3 is 9.84 Å². The maximum atomic E-state index is 13.2. The average Bonchev–Trinajstić information content (AvgIpc) is 3.02. The van der Waals surface area contributed by atoms with Gasteiger partial charge in [0.15, 0.2) is 0 Å². The van der Waals surface area contributed by atoms with Gasteiger partial charge in [0.1, 0.15) is 11.6 Å². The first kappa shape index (κ1) is 10.5. The molecule has 4 heteroatoms. The van der Waals surface area contributed by atoms with E-state index in [0.717, 1.165) is 18.2 Å². The SMILES string of the molecule is OC(CCC1CO1)c1cc(F)ccc1F. The molecule has 0 saturated carbocycles. The summed E-state index contributed by atoms with van der Waals surface area (Å²) < 4.78 is 31.0. The van der Waals surface area contributed by atoms with Gasteiger partial charge in [0.25, 0.3) is 0 Å². The van der Waals surface area contributed by atoms with Crippen molar-refractivity contribution in [2.45, 2.75) is 25.0 Å². The van der Waals surface area contributed by atoms with E-state index in [1.54, 1.807) is 0 Å². The Morgan fingerprint density at radius 1 is 1.47 bits per heavy atom. The monoisotopic (exact) mass is 214 g/mol.